The Morgan fingerprint density at radius 2 is 1.81 bits per heavy atom. The predicted octanol–water partition coefficient (Wildman–Crippen LogP) is 0.834. The summed E-state index contributed by atoms with van der Waals surface area (Å²) in [6, 6.07) is -0.139. The lowest BCUT2D eigenvalue weighted by Gasteiger charge is -2.32. The highest BCUT2D eigenvalue weighted by Gasteiger charge is 2.29. The minimum absolute atomic E-state index is 0.137. The van der Waals surface area contributed by atoms with Gasteiger partial charge in [-0.3, -0.25) is 0 Å². The molecule has 0 aromatic carbocycles. The lowest BCUT2D eigenvalue weighted by molar-refractivity contribution is 0.160. The molecule has 0 aliphatic rings. The van der Waals surface area contributed by atoms with Crippen molar-refractivity contribution >= 4 is 10.2 Å². The summed E-state index contributed by atoms with van der Waals surface area (Å²) in [5.41, 5.74) is -0.137. The van der Waals surface area contributed by atoms with Crippen LogP contribution in [0.25, 0.3) is 0 Å². The standard InChI is InChI=1S/C10H24N2O3S/c1-10(2,3)9(7-8-15-6)11-16(13,14)12(4)5/h9,11H,7-8H2,1-6H3/t9-/m1/s1. The van der Waals surface area contributed by atoms with Crippen LogP contribution in [0.4, 0.5) is 0 Å². The highest BCUT2D eigenvalue weighted by molar-refractivity contribution is 7.87. The Hall–Kier alpha value is -0.170. The van der Waals surface area contributed by atoms with Crippen molar-refractivity contribution in [3.63, 3.8) is 0 Å². The first kappa shape index (κ1) is 15.8. The smallest absolute Gasteiger partial charge is 0.279 e. The quantitative estimate of drug-likeness (QED) is 0.762. The fourth-order valence-corrected chi connectivity index (χ4v) is 2.23. The molecule has 0 aliphatic heterocycles. The highest BCUT2D eigenvalue weighted by atomic mass is 32.2. The fourth-order valence-electron chi connectivity index (χ4n) is 1.19. The van der Waals surface area contributed by atoms with Gasteiger partial charge in [-0.05, 0) is 11.8 Å². The minimum Gasteiger partial charge on any atom is -0.385 e. The van der Waals surface area contributed by atoms with E-state index in [0.29, 0.717) is 13.0 Å². The second kappa shape index (κ2) is 5.95. The van der Waals surface area contributed by atoms with Crippen molar-refractivity contribution in [1.82, 2.24) is 9.03 Å². The molecular formula is C10H24N2O3S. The number of nitrogens with zero attached hydrogens (tertiary/aromatic N) is 1. The average molecular weight is 252 g/mol. The van der Waals surface area contributed by atoms with Gasteiger partial charge in [-0.25, -0.2) is 0 Å². The third-order valence-electron chi connectivity index (χ3n) is 2.43. The molecule has 5 nitrogen and oxygen atoms in total. The van der Waals surface area contributed by atoms with Crippen molar-refractivity contribution in [2.24, 2.45) is 5.41 Å². The van der Waals surface area contributed by atoms with Crippen LogP contribution in [0, 0.1) is 5.41 Å². The first-order valence-corrected chi connectivity index (χ1v) is 6.74. The topological polar surface area (TPSA) is 58.6 Å². The van der Waals surface area contributed by atoms with Gasteiger partial charge in [0.05, 0.1) is 0 Å². The van der Waals surface area contributed by atoms with Crippen LogP contribution < -0.4 is 4.72 Å². The molecule has 98 valence electrons. The van der Waals surface area contributed by atoms with E-state index in [1.807, 2.05) is 20.8 Å². The third kappa shape index (κ3) is 5.25. The zero-order chi connectivity index (χ0) is 13.0. The Morgan fingerprint density at radius 3 is 2.12 bits per heavy atom. The van der Waals surface area contributed by atoms with Gasteiger partial charge in [0.1, 0.15) is 0 Å². The number of rotatable bonds is 6. The van der Waals surface area contributed by atoms with E-state index in [-0.39, 0.29) is 11.5 Å². The molecule has 0 amide bonds. The normalized spacial score (nSPS) is 15.4. The van der Waals surface area contributed by atoms with Gasteiger partial charge in [0, 0.05) is 33.9 Å². The fraction of sp³-hybridized carbons (Fsp3) is 1.00. The Labute approximate surface area is 99.3 Å². The van der Waals surface area contributed by atoms with Crippen LogP contribution in [0.1, 0.15) is 27.2 Å². The molecule has 1 atom stereocenters. The number of methoxy groups -OCH3 is 1. The summed E-state index contributed by atoms with van der Waals surface area (Å²) in [6.45, 7) is 6.56. The van der Waals surface area contributed by atoms with Crippen LogP contribution in [0.2, 0.25) is 0 Å². The molecule has 0 aromatic rings. The van der Waals surface area contributed by atoms with Gasteiger partial charge in [-0.1, -0.05) is 20.8 Å². The van der Waals surface area contributed by atoms with Gasteiger partial charge < -0.3 is 4.74 Å². The molecule has 0 saturated heterocycles. The Bertz CT molecular complexity index is 294. The molecule has 16 heavy (non-hydrogen) atoms. The van der Waals surface area contributed by atoms with Gasteiger partial charge in [-0.15, -0.1) is 0 Å². The SMILES string of the molecule is COCC[C@@H](NS(=O)(=O)N(C)C)C(C)(C)C. The average Bonchev–Trinajstić information content (AvgIpc) is 2.10. The molecule has 0 unspecified atom stereocenters. The van der Waals surface area contributed by atoms with Crippen molar-refractivity contribution in [1.29, 1.82) is 0 Å². The van der Waals surface area contributed by atoms with Gasteiger partial charge in [0.15, 0.2) is 0 Å². The summed E-state index contributed by atoms with van der Waals surface area (Å²) < 4.78 is 32.3. The van der Waals surface area contributed by atoms with E-state index >= 15 is 0 Å². The predicted molar refractivity (Wildman–Crippen MR) is 65.5 cm³/mol. The monoisotopic (exact) mass is 252 g/mol. The summed E-state index contributed by atoms with van der Waals surface area (Å²) in [5, 5.41) is 0. The van der Waals surface area contributed by atoms with E-state index in [9.17, 15) is 8.42 Å². The molecular weight excluding hydrogens is 228 g/mol. The zero-order valence-electron chi connectivity index (χ0n) is 11.1. The van der Waals surface area contributed by atoms with Crippen molar-refractivity contribution in [3.05, 3.63) is 0 Å². The molecule has 0 aliphatic carbocycles. The maximum Gasteiger partial charge on any atom is 0.279 e. The number of ether oxygens (including phenoxy) is 1. The van der Waals surface area contributed by atoms with Crippen molar-refractivity contribution in [2.45, 2.75) is 33.2 Å². The van der Waals surface area contributed by atoms with Crippen LogP contribution in [-0.2, 0) is 14.9 Å². The zero-order valence-corrected chi connectivity index (χ0v) is 11.9. The first-order chi connectivity index (χ1) is 7.11. The second-order valence-electron chi connectivity index (χ2n) is 5.11. The second-order valence-corrected chi connectivity index (χ2v) is 7.02. The highest BCUT2D eigenvalue weighted by Crippen LogP contribution is 2.22. The van der Waals surface area contributed by atoms with Crippen LogP contribution in [0.15, 0.2) is 0 Å². The Balaban J connectivity index is 4.69. The van der Waals surface area contributed by atoms with E-state index < -0.39 is 10.2 Å². The molecule has 0 spiro atoms. The largest absolute Gasteiger partial charge is 0.385 e. The third-order valence-corrected chi connectivity index (χ3v) is 3.97. The van der Waals surface area contributed by atoms with Crippen LogP contribution in [0.5, 0.6) is 0 Å². The van der Waals surface area contributed by atoms with Crippen LogP contribution >= 0.6 is 0 Å². The molecule has 0 fully saturated rings. The summed E-state index contributed by atoms with van der Waals surface area (Å²) in [5.74, 6) is 0. The lowest BCUT2D eigenvalue weighted by atomic mass is 9.86. The van der Waals surface area contributed by atoms with E-state index in [1.54, 1.807) is 7.11 Å². The summed E-state index contributed by atoms with van der Waals surface area (Å²) in [4.78, 5) is 0. The molecule has 0 rings (SSSR count). The van der Waals surface area contributed by atoms with E-state index in [0.717, 1.165) is 0 Å². The summed E-state index contributed by atoms with van der Waals surface area (Å²) in [7, 11) is 1.25. The van der Waals surface area contributed by atoms with Gasteiger partial charge in [0.2, 0.25) is 0 Å². The molecule has 0 radical (unpaired) electrons. The van der Waals surface area contributed by atoms with Crippen molar-refractivity contribution < 1.29 is 13.2 Å². The summed E-state index contributed by atoms with van der Waals surface area (Å²) >= 11 is 0. The van der Waals surface area contributed by atoms with Crippen molar-refractivity contribution in [2.75, 3.05) is 27.8 Å². The van der Waals surface area contributed by atoms with E-state index in [4.69, 9.17) is 4.74 Å². The van der Waals surface area contributed by atoms with E-state index in [2.05, 4.69) is 4.72 Å². The molecule has 0 aromatic heterocycles. The van der Waals surface area contributed by atoms with Gasteiger partial charge in [0.25, 0.3) is 10.2 Å². The maximum atomic E-state index is 11.7. The maximum absolute atomic E-state index is 11.7. The van der Waals surface area contributed by atoms with Crippen LogP contribution in [-0.4, -0.2) is 46.6 Å². The molecule has 0 bridgehead atoms. The van der Waals surface area contributed by atoms with Gasteiger partial charge >= 0.3 is 0 Å². The lowest BCUT2D eigenvalue weighted by Crippen LogP contribution is -2.48. The molecule has 0 saturated carbocycles. The van der Waals surface area contributed by atoms with E-state index in [1.165, 1.54) is 18.4 Å². The van der Waals surface area contributed by atoms with Gasteiger partial charge in [-0.2, -0.15) is 17.4 Å². The number of hydrogen-bond donors (Lipinski definition) is 1. The minimum atomic E-state index is -3.38. The molecule has 1 N–H and O–H groups in total. The van der Waals surface area contributed by atoms with Crippen LogP contribution in [0.3, 0.4) is 0 Å². The number of nitrogens with one attached hydrogen (secondary N) is 1. The molecule has 6 heteroatoms. The Kier molecular flexibility index (Phi) is 5.89. The number of hydrogen-bond acceptors (Lipinski definition) is 3. The first-order valence-electron chi connectivity index (χ1n) is 5.30. The Morgan fingerprint density at radius 1 is 1.31 bits per heavy atom. The molecule has 0 heterocycles. The van der Waals surface area contributed by atoms with Crippen molar-refractivity contribution in [3.8, 4) is 0 Å². The summed E-state index contributed by atoms with van der Waals surface area (Å²) in [6.07, 6.45) is 0.660.